The average molecular weight is 895 g/mol. The molecule has 0 aliphatic rings. The summed E-state index contributed by atoms with van der Waals surface area (Å²) in [6.07, 6.45) is 0. The van der Waals surface area contributed by atoms with Crippen molar-refractivity contribution in [3.63, 3.8) is 0 Å². The van der Waals surface area contributed by atoms with E-state index in [9.17, 15) is 0 Å². The van der Waals surface area contributed by atoms with E-state index in [1.54, 1.807) is 0 Å². The molecular weight excluding hydrogens is 857 g/mol. The van der Waals surface area contributed by atoms with Gasteiger partial charge in [-0.05, 0) is 97.1 Å². The first-order valence-corrected chi connectivity index (χ1v) is 23.6. The van der Waals surface area contributed by atoms with E-state index < -0.39 is 0 Å². The van der Waals surface area contributed by atoms with E-state index in [0.29, 0.717) is 17.5 Å². The van der Waals surface area contributed by atoms with Crippen LogP contribution in [0, 0.1) is 0 Å². The number of hydrogen-bond acceptors (Lipinski definition) is 4. The molecule has 10 aromatic carbocycles. The van der Waals surface area contributed by atoms with Crippen LogP contribution in [0.5, 0.6) is 0 Å². The number of furan rings is 1. The first-order chi connectivity index (χ1) is 34.7. The maximum absolute atomic E-state index is 6.56. The second kappa shape index (κ2) is 15.0. The molecule has 7 nitrogen and oxygen atoms in total. The summed E-state index contributed by atoms with van der Waals surface area (Å²) in [6, 6.07) is 81.7. The molecule has 326 valence electrons. The second-order valence-corrected chi connectivity index (χ2v) is 18.0. The Morgan fingerprint density at radius 1 is 0.243 bits per heavy atom. The van der Waals surface area contributed by atoms with Crippen molar-refractivity contribution in [2.24, 2.45) is 0 Å². The van der Waals surface area contributed by atoms with Crippen molar-refractivity contribution in [2.45, 2.75) is 0 Å². The molecule has 0 spiro atoms. The minimum absolute atomic E-state index is 0.598. The quantitative estimate of drug-likeness (QED) is 0.167. The lowest BCUT2D eigenvalue weighted by Gasteiger charge is -2.11. The van der Waals surface area contributed by atoms with Gasteiger partial charge in [-0.1, -0.05) is 133 Å². The molecule has 0 bridgehead atoms. The van der Waals surface area contributed by atoms with Gasteiger partial charge in [-0.3, -0.25) is 0 Å². The highest BCUT2D eigenvalue weighted by atomic mass is 16.3. The molecule has 0 aliphatic carbocycles. The fourth-order valence-electron chi connectivity index (χ4n) is 10.9. The van der Waals surface area contributed by atoms with E-state index in [1.807, 2.05) is 72.8 Å². The molecule has 0 atom stereocenters. The third-order valence-electron chi connectivity index (χ3n) is 14.1. The van der Waals surface area contributed by atoms with Gasteiger partial charge in [-0.25, -0.2) is 15.0 Å². The Morgan fingerprint density at radius 3 is 1.01 bits per heavy atom. The third-order valence-corrected chi connectivity index (χ3v) is 14.1. The number of aromatic nitrogens is 6. The Morgan fingerprint density at radius 2 is 0.571 bits per heavy atom. The monoisotopic (exact) mass is 894 g/mol. The van der Waals surface area contributed by atoms with Crippen molar-refractivity contribution in [3.8, 4) is 51.2 Å². The number of nitrogens with zero attached hydrogens (tertiary/aromatic N) is 6. The van der Waals surface area contributed by atoms with E-state index in [1.165, 1.54) is 43.6 Å². The fraction of sp³-hybridized carbons (Fsp3) is 0. The van der Waals surface area contributed by atoms with E-state index >= 15 is 0 Å². The topological polar surface area (TPSA) is 66.6 Å². The van der Waals surface area contributed by atoms with Gasteiger partial charge in [0.25, 0.3) is 0 Å². The lowest BCUT2D eigenvalue weighted by Crippen LogP contribution is -2.00. The fourth-order valence-corrected chi connectivity index (χ4v) is 10.9. The highest BCUT2D eigenvalue weighted by Gasteiger charge is 2.21. The molecule has 0 saturated carbocycles. The summed E-state index contributed by atoms with van der Waals surface area (Å²) in [5, 5.41) is 9.27. The Balaban J connectivity index is 0.949. The predicted molar refractivity (Wildman–Crippen MR) is 286 cm³/mol. The van der Waals surface area contributed by atoms with E-state index in [2.05, 4.69) is 171 Å². The number of para-hydroxylation sites is 4. The van der Waals surface area contributed by atoms with Crippen molar-refractivity contribution in [1.82, 2.24) is 28.7 Å². The minimum atomic E-state index is 0.598. The van der Waals surface area contributed by atoms with Gasteiger partial charge in [0.1, 0.15) is 11.2 Å². The first kappa shape index (κ1) is 38.5. The number of benzene rings is 10. The van der Waals surface area contributed by atoms with Gasteiger partial charge in [0, 0.05) is 76.8 Å². The summed E-state index contributed by atoms with van der Waals surface area (Å²) in [6.45, 7) is 0. The van der Waals surface area contributed by atoms with Crippen LogP contribution in [0.4, 0.5) is 0 Å². The van der Waals surface area contributed by atoms with Gasteiger partial charge in [-0.2, -0.15) is 0 Å². The number of rotatable bonds is 6. The summed E-state index contributed by atoms with van der Waals surface area (Å²) in [7, 11) is 0. The second-order valence-electron chi connectivity index (χ2n) is 18.0. The van der Waals surface area contributed by atoms with Crippen molar-refractivity contribution in [2.75, 3.05) is 0 Å². The van der Waals surface area contributed by atoms with Gasteiger partial charge in [-0.15, -0.1) is 0 Å². The molecule has 0 amide bonds. The van der Waals surface area contributed by atoms with Crippen molar-refractivity contribution in [1.29, 1.82) is 0 Å². The van der Waals surface area contributed by atoms with Crippen LogP contribution in [0.3, 0.4) is 0 Å². The van der Waals surface area contributed by atoms with Crippen LogP contribution in [0.25, 0.3) is 139 Å². The third kappa shape index (κ3) is 5.79. The zero-order valence-electron chi connectivity index (χ0n) is 37.5. The smallest absolute Gasteiger partial charge is 0.164 e. The summed E-state index contributed by atoms with van der Waals surface area (Å²) in [5.41, 5.74) is 14.5. The largest absolute Gasteiger partial charge is 0.456 e. The van der Waals surface area contributed by atoms with Crippen molar-refractivity contribution >= 4 is 87.4 Å². The highest BCUT2D eigenvalue weighted by Crippen LogP contribution is 2.41. The molecule has 15 rings (SSSR count). The molecule has 5 aromatic heterocycles. The zero-order valence-corrected chi connectivity index (χ0v) is 37.5. The van der Waals surface area contributed by atoms with Crippen molar-refractivity contribution < 1.29 is 4.42 Å². The van der Waals surface area contributed by atoms with Gasteiger partial charge in [0.2, 0.25) is 0 Å². The summed E-state index contributed by atoms with van der Waals surface area (Å²) in [4.78, 5) is 15.0. The van der Waals surface area contributed by atoms with Gasteiger partial charge in [0.15, 0.2) is 17.5 Å². The predicted octanol–water partition coefficient (Wildman–Crippen LogP) is 16.1. The van der Waals surface area contributed by atoms with Crippen LogP contribution < -0.4 is 0 Å². The van der Waals surface area contributed by atoms with Crippen LogP contribution in [-0.4, -0.2) is 28.7 Å². The maximum atomic E-state index is 6.56. The van der Waals surface area contributed by atoms with Crippen LogP contribution in [0.1, 0.15) is 0 Å². The normalized spacial score (nSPS) is 12.0. The molecule has 0 aliphatic heterocycles. The lowest BCUT2D eigenvalue weighted by molar-refractivity contribution is 0.669. The maximum Gasteiger partial charge on any atom is 0.164 e. The van der Waals surface area contributed by atoms with Crippen molar-refractivity contribution in [3.05, 3.63) is 231 Å². The molecule has 0 fully saturated rings. The molecule has 70 heavy (non-hydrogen) atoms. The molecule has 0 unspecified atom stereocenters. The van der Waals surface area contributed by atoms with E-state index in [-0.39, 0.29) is 0 Å². The summed E-state index contributed by atoms with van der Waals surface area (Å²) < 4.78 is 13.8. The number of fused-ring (bicyclic) bond motifs is 12. The Bertz CT molecular complexity index is 4260. The Hall–Kier alpha value is -9.59. The lowest BCUT2D eigenvalue weighted by atomic mass is 10.1. The summed E-state index contributed by atoms with van der Waals surface area (Å²) >= 11 is 0. The SMILES string of the molecule is c1ccc(-c2nc(-c3ccccc3)nc(-c3ccc4oc5ccc(-n6c7ccc(-n8c9ccccc9c9ccccc98)cc7c7cc(-n8c9ccccc9c9ccccc98)ccc76)cc5c4c3)n2)cc1. The van der Waals surface area contributed by atoms with Crippen LogP contribution in [0.15, 0.2) is 235 Å². The van der Waals surface area contributed by atoms with Crippen LogP contribution in [0.2, 0.25) is 0 Å². The van der Waals surface area contributed by atoms with Gasteiger partial charge < -0.3 is 18.1 Å². The van der Waals surface area contributed by atoms with E-state index in [0.717, 1.165) is 77.5 Å². The zero-order chi connectivity index (χ0) is 45.9. The highest BCUT2D eigenvalue weighted by molar-refractivity contribution is 6.15. The average Bonchev–Trinajstić information content (AvgIpc) is 4.17. The van der Waals surface area contributed by atoms with E-state index in [4.69, 9.17) is 19.4 Å². The van der Waals surface area contributed by atoms with Gasteiger partial charge >= 0.3 is 0 Å². The molecule has 0 radical (unpaired) electrons. The molecule has 0 N–H and O–H groups in total. The van der Waals surface area contributed by atoms with Gasteiger partial charge in [0.05, 0.1) is 33.1 Å². The van der Waals surface area contributed by atoms with Crippen LogP contribution in [-0.2, 0) is 0 Å². The van der Waals surface area contributed by atoms with Crippen LogP contribution >= 0.6 is 0 Å². The molecule has 15 aromatic rings. The molecule has 5 heterocycles. The first-order valence-electron chi connectivity index (χ1n) is 23.6. The molecular formula is C63H38N6O. The number of hydrogen-bond donors (Lipinski definition) is 0. The minimum Gasteiger partial charge on any atom is -0.456 e. The Labute approximate surface area is 400 Å². The molecule has 7 heteroatoms. The summed E-state index contributed by atoms with van der Waals surface area (Å²) in [5.74, 6) is 1.84. The Kier molecular flexibility index (Phi) is 8.23. The molecule has 0 saturated heterocycles. The standard InChI is InChI=1S/C63H38N6O/c1-3-15-39(16-4-1)61-64-62(40-17-5-2-6-18-40)66-63(65-61)41-27-33-59-51(35-41)52-38-44(30-34-60(52)70-59)69-57-31-28-42(67-53-23-11-7-19-45(53)46-20-8-12-24-54(46)67)36-49(57)50-37-43(29-32-58(50)69)68-55-25-13-9-21-47(55)48-22-10-14-26-56(48)68/h1-38H.